The number of amides is 1. The van der Waals surface area contributed by atoms with E-state index < -0.39 is 9.84 Å². The largest absolute Gasteiger partial charge is 0.316 e. The van der Waals surface area contributed by atoms with Crippen LogP contribution < -0.4 is 4.90 Å². The van der Waals surface area contributed by atoms with Gasteiger partial charge in [-0.1, -0.05) is 43.5 Å². The van der Waals surface area contributed by atoms with Crippen molar-refractivity contribution in [2.75, 3.05) is 16.4 Å². The number of rotatable bonds is 4. The molecule has 5 nitrogen and oxygen atoms in total. The predicted molar refractivity (Wildman–Crippen MR) is 116 cm³/mol. The van der Waals surface area contributed by atoms with E-state index in [1.54, 1.807) is 0 Å². The summed E-state index contributed by atoms with van der Waals surface area (Å²) in [4.78, 5) is 19.0. The van der Waals surface area contributed by atoms with Crippen molar-refractivity contribution < 1.29 is 13.2 Å². The zero-order valence-corrected chi connectivity index (χ0v) is 18.2. The minimum Gasteiger partial charge on any atom is -0.316 e. The SMILES string of the molecule is Cc1cc(C)cc(N2C(=NC(=O)CCC3CCCC3)SC3CS(=O)(=O)CC32)c1. The van der Waals surface area contributed by atoms with E-state index in [0.717, 1.165) is 23.2 Å². The van der Waals surface area contributed by atoms with Crippen molar-refractivity contribution in [2.24, 2.45) is 10.9 Å². The number of fused-ring (bicyclic) bond motifs is 1. The first-order valence-electron chi connectivity index (χ1n) is 10.2. The molecule has 2 aliphatic heterocycles. The maximum absolute atomic E-state index is 12.6. The van der Waals surface area contributed by atoms with Crippen LogP contribution in [0.4, 0.5) is 5.69 Å². The van der Waals surface area contributed by atoms with E-state index in [0.29, 0.717) is 17.5 Å². The molecule has 28 heavy (non-hydrogen) atoms. The maximum Gasteiger partial charge on any atom is 0.248 e. The number of hydrogen-bond donors (Lipinski definition) is 0. The normalized spacial score (nSPS) is 28.2. The molecular formula is C21H28N2O3S2. The van der Waals surface area contributed by atoms with Crippen LogP contribution in [0.2, 0.25) is 0 Å². The molecule has 2 unspecified atom stereocenters. The first-order chi connectivity index (χ1) is 13.3. The van der Waals surface area contributed by atoms with Crippen LogP contribution in [0.15, 0.2) is 23.2 Å². The molecule has 1 saturated carbocycles. The summed E-state index contributed by atoms with van der Waals surface area (Å²) in [6.45, 7) is 4.07. The van der Waals surface area contributed by atoms with Gasteiger partial charge in [-0.3, -0.25) is 4.79 Å². The van der Waals surface area contributed by atoms with Crippen molar-refractivity contribution in [2.45, 2.75) is 63.7 Å². The Bertz CT molecular complexity index is 884. The van der Waals surface area contributed by atoms with Crippen LogP contribution in [0.1, 0.15) is 49.7 Å². The van der Waals surface area contributed by atoms with Crippen molar-refractivity contribution in [3.63, 3.8) is 0 Å². The Morgan fingerprint density at radius 3 is 2.50 bits per heavy atom. The molecule has 1 aromatic carbocycles. The van der Waals surface area contributed by atoms with Gasteiger partial charge >= 0.3 is 0 Å². The number of sulfone groups is 1. The first-order valence-corrected chi connectivity index (χ1v) is 12.9. The van der Waals surface area contributed by atoms with Gasteiger partial charge in [0.1, 0.15) is 0 Å². The van der Waals surface area contributed by atoms with E-state index in [1.165, 1.54) is 37.4 Å². The van der Waals surface area contributed by atoms with Crippen molar-refractivity contribution in [1.82, 2.24) is 0 Å². The summed E-state index contributed by atoms with van der Waals surface area (Å²) in [6, 6.07) is 6.07. The number of carbonyl (C=O) groups is 1. The number of thioether (sulfide) groups is 1. The zero-order chi connectivity index (χ0) is 19.9. The quantitative estimate of drug-likeness (QED) is 0.740. The molecule has 0 spiro atoms. The van der Waals surface area contributed by atoms with Crippen LogP contribution in [0, 0.1) is 19.8 Å². The molecule has 3 aliphatic rings. The molecule has 2 atom stereocenters. The van der Waals surface area contributed by atoms with Gasteiger partial charge in [0.05, 0.1) is 17.5 Å². The van der Waals surface area contributed by atoms with Gasteiger partial charge in [0.25, 0.3) is 0 Å². The molecule has 152 valence electrons. The van der Waals surface area contributed by atoms with Crippen molar-refractivity contribution in [1.29, 1.82) is 0 Å². The summed E-state index contributed by atoms with van der Waals surface area (Å²) in [7, 11) is -3.04. The van der Waals surface area contributed by atoms with Crippen molar-refractivity contribution in [3.8, 4) is 0 Å². The third-order valence-corrected chi connectivity index (χ3v) is 9.22. The van der Waals surface area contributed by atoms with Gasteiger partial charge in [0.2, 0.25) is 5.91 Å². The Morgan fingerprint density at radius 2 is 1.82 bits per heavy atom. The summed E-state index contributed by atoms with van der Waals surface area (Å²) in [6.07, 6.45) is 6.43. The molecule has 1 amide bonds. The number of hydrogen-bond acceptors (Lipinski definition) is 4. The highest BCUT2D eigenvalue weighted by molar-refractivity contribution is 8.16. The molecule has 0 bridgehead atoms. The molecule has 0 N–H and O–H groups in total. The van der Waals surface area contributed by atoms with Crippen LogP contribution in [0.3, 0.4) is 0 Å². The fourth-order valence-corrected chi connectivity index (χ4v) is 8.68. The minimum atomic E-state index is -3.04. The van der Waals surface area contributed by atoms with Crippen LogP contribution >= 0.6 is 11.8 Å². The third-order valence-electron chi connectivity index (χ3n) is 6.01. The fourth-order valence-electron chi connectivity index (χ4n) is 4.75. The van der Waals surface area contributed by atoms with Crippen LogP contribution in [0.5, 0.6) is 0 Å². The van der Waals surface area contributed by atoms with Gasteiger partial charge < -0.3 is 4.90 Å². The van der Waals surface area contributed by atoms with E-state index in [9.17, 15) is 13.2 Å². The smallest absolute Gasteiger partial charge is 0.248 e. The number of benzene rings is 1. The second-order valence-corrected chi connectivity index (χ2v) is 11.9. The predicted octanol–water partition coefficient (Wildman–Crippen LogP) is 3.88. The van der Waals surface area contributed by atoms with Gasteiger partial charge in [-0.2, -0.15) is 4.99 Å². The van der Waals surface area contributed by atoms with E-state index >= 15 is 0 Å². The monoisotopic (exact) mass is 420 g/mol. The Kier molecular flexibility index (Phi) is 5.58. The molecule has 7 heteroatoms. The summed E-state index contributed by atoms with van der Waals surface area (Å²) < 4.78 is 24.4. The number of nitrogens with zero attached hydrogens (tertiary/aromatic N) is 2. The number of amidine groups is 1. The highest BCUT2D eigenvalue weighted by atomic mass is 32.2. The molecule has 1 aromatic rings. The molecule has 0 radical (unpaired) electrons. The molecular weight excluding hydrogens is 392 g/mol. The summed E-state index contributed by atoms with van der Waals surface area (Å²) in [5, 5.41) is 0.624. The molecule has 3 fully saturated rings. The van der Waals surface area contributed by atoms with E-state index in [4.69, 9.17) is 0 Å². The average molecular weight is 421 g/mol. The Balaban J connectivity index is 1.58. The van der Waals surface area contributed by atoms with Crippen LogP contribution in [-0.2, 0) is 14.6 Å². The van der Waals surface area contributed by atoms with Gasteiger partial charge in [-0.05, 0) is 49.4 Å². The second kappa shape index (κ2) is 7.82. The summed E-state index contributed by atoms with van der Waals surface area (Å²) >= 11 is 1.46. The van der Waals surface area contributed by atoms with Gasteiger partial charge in [-0.15, -0.1) is 0 Å². The lowest BCUT2D eigenvalue weighted by molar-refractivity contribution is -0.118. The number of aryl methyl sites for hydroxylation is 2. The number of carbonyl (C=O) groups excluding carboxylic acids is 1. The summed E-state index contributed by atoms with van der Waals surface area (Å²) in [5.41, 5.74) is 3.18. The van der Waals surface area contributed by atoms with Gasteiger partial charge in [-0.25, -0.2) is 8.42 Å². The van der Waals surface area contributed by atoms with Gasteiger partial charge in [0.15, 0.2) is 15.0 Å². The lowest BCUT2D eigenvalue weighted by Crippen LogP contribution is -2.37. The fraction of sp³-hybridized carbons (Fsp3) is 0.619. The van der Waals surface area contributed by atoms with Crippen LogP contribution in [0.25, 0.3) is 0 Å². The Labute approximate surface area is 171 Å². The standard InChI is InChI=1S/C21H28N2O3S2/c1-14-9-15(2)11-17(10-14)23-18-12-28(25,26)13-19(18)27-21(23)22-20(24)8-7-16-5-3-4-6-16/h9-11,16,18-19H,3-8,12-13H2,1-2H3. The third kappa shape index (κ3) is 4.30. The van der Waals surface area contributed by atoms with Crippen molar-refractivity contribution >= 4 is 38.4 Å². The lowest BCUT2D eigenvalue weighted by Gasteiger charge is -2.25. The second-order valence-electron chi connectivity index (χ2n) is 8.49. The van der Waals surface area contributed by atoms with Crippen LogP contribution in [-0.4, -0.2) is 42.3 Å². The molecule has 1 aliphatic carbocycles. The molecule has 0 aromatic heterocycles. The summed E-state index contributed by atoms with van der Waals surface area (Å²) in [5.74, 6) is 0.887. The maximum atomic E-state index is 12.6. The molecule has 2 heterocycles. The van der Waals surface area contributed by atoms with Gasteiger partial charge in [0, 0.05) is 17.4 Å². The van der Waals surface area contributed by atoms with E-state index in [-0.39, 0.29) is 28.7 Å². The topological polar surface area (TPSA) is 66.8 Å². The van der Waals surface area contributed by atoms with Crippen molar-refractivity contribution in [3.05, 3.63) is 29.3 Å². The van der Waals surface area contributed by atoms with E-state index in [1.807, 2.05) is 18.7 Å². The molecule has 2 saturated heterocycles. The Hall–Kier alpha value is -1.34. The highest BCUT2D eigenvalue weighted by Gasteiger charge is 2.49. The lowest BCUT2D eigenvalue weighted by atomic mass is 10.0. The Morgan fingerprint density at radius 1 is 1.14 bits per heavy atom. The highest BCUT2D eigenvalue weighted by Crippen LogP contribution is 2.41. The average Bonchev–Trinajstić information content (AvgIpc) is 3.26. The minimum absolute atomic E-state index is 0.0489. The first kappa shape index (κ1) is 20.0. The van der Waals surface area contributed by atoms with E-state index in [2.05, 4.69) is 23.2 Å². The number of anilines is 1. The molecule has 4 rings (SSSR count). The number of aliphatic imine (C=N–C) groups is 1. The zero-order valence-electron chi connectivity index (χ0n) is 16.6.